The molecule has 0 aromatic heterocycles. The standard InChI is InChI=1S/C14H18O3/c1-2-3-8-14(13(15)16)9-11-6-4-5-7-12(11)17-10-14/h4-7H,2-3,8-10H2,1H3,(H,15,16). The molecule has 2 rings (SSSR count). The lowest BCUT2D eigenvalue weighted by Gasteiger charge is -2.34. The van der Waals surface area contributed by atoms with Crippen molar-refractivity contribution in [2.75, 3.05) is 6.61 Å². The Kier molecular flexibility index (Phi) is 3.36. The van der Waals surface area contributed by atoms with Crippen molar-refractivity contribution in [2.24, 2.45) is 5.41 Å². The molecule has 0 amide bonds. The smallest absolute Gasteiger partial charge is 0.313 e. The van der Waals surface area contributed by atoms with Crippen LogP contribution in [0.25, 0.3) is 0 Å². The number of benzene rings is 1. The van der Waals surface area contributed by atoms with Crippen LogP contribution in [0, 0.1) is 5.41 Å². The maximum absolute atomic E-state index is 11.5. The zero-order valence-corrected chi connectivity index (χ0v) is 10.1. The first-order valence-corrected chi connectivity index (χ1v) is 6.12. The molecule has 0 fully saturated rings. The summed E-state index contributed by atoms with van der Waals surface area (Å²) in [6, 6.07) is 7.71. The Morgan fingerprint density at radius 2 is 2.24 bits per heavy atom. The van der Waals surface area contributed by atoms with Crippen molar-refractivity contribution in [3.8, 4) is 5.75 Å². The first kappa shape index (κ1) is 12.0. The summed E-state index contributed by atoms with van der Waals surface area (Å²) in [5.41, 5.74) is 0.280. The van der Waals surface area contributed by atoms with E-state index in [-0.39, 0.29) is 0 Å². The van der Waals surface area contributed by atoms with Crippen LogP contribution in [-0.2, 0) is 11.2 Å². The maximum atomic E-state index is 11.5. The van der Waals surface area contributed by atoms with Crippen molar-refractivity contribution in [3.63, 3.8) is 0 Å². The van der Waals surface area contributed by atoms with Crippen molar-refractivity contribution in [1.82, 2.24) is 0 Å². The van der Waals surface area contributed by atoms with Crippen molar-refractivity contribution >= 4 is 5.97 Å². The topological polar surface area (TPSA) is 46.5 Å². The van der Waals surface area contributed by atoms with Gasteiger partial charge in [-0.15, -0.1) is 0 Å². The molecule has 0 saturated heterocycles. The number of carbonyl (C=O) groups is 1. The minimum absolute atomic E-state index is 0.291. The number of hydrogen-bond acceptors (Lipinski definition) is 2. The summed E-state index contributed by atoms with van der Waals surface area (Å²) in [6.07, 6.45) is 3.21. The van der Waals surface area contributed by atoms with Crippen LogP contribution in [0.5, 0.6) is 5.75 Å². The Bertz CT molecular complexity index is 414. The van der Waals surface area contributed by atoms with Gasteiger partial charge in [0, 0.05) is 0 Å². The summed E-state index contributed by atoms with van der Waals surface area (Å²) >= 11 is 0. The highest BCUT2D eigenvalue weighted by molar-refractivity contribution is 5.76. The number of hydrogen-bond donors (Lipinski definition) is 1. The lowest BCUT2D eigenvalue weighted by molar-refractivity contribution is -0.152. The van der Waals surface area contributed by atoms with Gasteiger partial charge in [-0.25, -0.2) is 0 Å². The van der Waals surface area contributed by atoms with E-state index in [0.29, 0.717) is 19.4 Å². The largest absolute Gasteiger partial charge is 0.492 e. The Morgan fingerprint density at radius 3 is 2.94 bits per heavy atom. The quantitative estimate of drug-likeness (QED) is 0.871. The lowest BCUT2D eigenvalue weighted by atomic mass is 9.76. The normalized spacial score (nSPS) is 22.6. The number of unbranched alkanes of at least 4 members (excludes halogenated alkanes) is 1. The number of carboxylic acid groups (broad SMARTS) is 1. The van der Waals surface area contributed by atoms with E-state index < -0.39 is 11.4 Å². The Balaban J connectivity index is 2.24. The molecule has 1 aliphatic rings. The predicted molar refractivity (Wildman–Crippen MR) is 65.2 cm³/mol. The third-order valence-corrected chi connectivity index (χ3v) is 3.47. The van der Waals surface area contributed by atoms with Gasteiger partial charge in [0.25, 0.3) is 0 Å². The van der Waals surface area contributed by atoms with Crippen molar-refractivity contribution in [2.45, 2.75) is 32.6 Å². The first-order valence-electron chi connectivity index (χ1n) is 6.12. The molecule has 3 nitrogen and oxygen atoms in total. The molecule has 1 aromatic rings. The first-order chi connectivity index (χ1) is 8.18. The monoisotopic (exact) mass is 234 g/mol. The third kappa shape index (κ3) is 2.28. The van der Waals surface area contributed by atoms with Crippen molar-refractivity contribution < 1.29 is 14.6 Å². The van der Waals surface area contributed by atoms with Crippen molar-refractivity contribution in [1.29, 1.82) is 0 Å². The van der Waals surface area contributed by atoms with Crippen LogP contribution in [0.15, 0.2) is 24.3 Å². The van der Waals surface area contributed by atoms with Gasteiger partial charge >= 0.3 is 5.97 Å². The van der Waals surface area contributed by atoms with Crippen LogP contribution in [0.1, 0.15) is 31.7 Å². The van der Waals surface area contributed by atoms with Crippen molar-refractivity contribution in [3.05, 3.63) is 29.8 Å². The van der Waals surface area contributed by atoms with E-state index in [2.05, 4.69) is 6.92 Å². The number of rotatable bonds is 4. The average Bonchev–Trinajstić information content (AvgIpc) is 2.36. The molecule has 1 N–H and O–H groups in total. The maximum Gasteiger partial charge on any atom is 0.313 e. The summed E-state index contributed by atoms with van der Waals surface area (Å²) in [4.78, 5) is 11.5. The van der Waals surface area contributed by atoms with Gasteiger partial charge < -0.3 is 9.84 Å². The summed E-state index contributed by atoms with van der Waals surface area (Å²) < 4.78 is 5.62. The van der Waals surface area contributed by atoms with E-state index in [9.17, 15) is 9.90 Å². The summed E-state index contributed by atoms with van der Waals surface area (Å²) in [5, 5.41) is 9.46. The van der Waals surface area contributed by atoms with E-state index in [1.54, 1.807) is 0 Å². The van der Waals surface area contributed by atoms with Crippen LogP contribution in [0.4, 0.5) is 0 Å². The second-order valence-electron chi connectivity index (χ2n) is 4.76. The average molecular weight is 234 g/mol. The number of para-hydroxylation sites is 1. The van der Waals surface area contributed by atoms with Crippen LogP contribution in [-0.4, -0.2) is 17.7 Å². The van der Waals surface area contributed by atoms with Gasteiger partial charge in [0.05, 0.1) is 0 Å². The van der Waals surface area contributed by atoms with E-state index in [4.69, 9.17) is 4.74 Å². The molecule has 1 atom stereocenters. The highest BCUT2D eigenvalue weighted by Crippen LogP contribution is 2.38. The molecular formula is C14H18O3. The van der Waals surface area contributed by atoms with Gasteiger partial charge in [-0.2, -0.15) is 0 Å². The Labute approximate surface area is 101 Å². The molecule has 0 aliphatic carbocycles. The Morgan fingerprint density at radius 1 is 1.47 bits per heavy atom. The third-order valence-electron chi connectivity index (χ3n) is 3.47. The molecule has 92 valence electrons. The van der Waals surface area contributed by atoms with E-state index in [0.717, 1.165) is 24.2 Å². The fourth-order valence-electron chi connectivity index (χ4n) is 2.34. The van der Waals surface area contributed by atoms with Gasteiger partial charge in [0.2, 0.25) is 0 Å². The summed E-state index contributed by atoms with van der Waals surface area (Å²) in [5.74, 6) is 0.0985. The summed E-state index contributed by atoms with van der Waals surface area (Å²) in [6.45, 7) is 2.37. The minimum atomic E-state index is -0.736. The zero-order chi connectivity index (χ0) is 12.3. The highest BCUT2D eigenvalue weighted by atomic mass is 16.5. The molecule has 1 aliphatic heterocycles. The van der Waals surface area contributed by atoms with Crippen LogP contribution in [0.3, 0.4) is 0 Å². The number of fused-ring (bicyclic) bond motifs is 1. The number of carboxylic acids is 1. The van der Waals surface area contributed by atoms with Gasteiger partial charge in [0.1, 0.15) is 17.8 Å². The fraction of sp³-hybridized carbons (Fsp3) is 0.500. The molecule has 0 radical (unpaired) electrons. The molecule has 1 unspecified atom stereocenters. The lowest BCUT2D eigenvalue weighted by Crippen LogP contribution is -2.42. The molecule has 1 heterocycles. The zero-order valence-electron chi connectivity index (χ0n) is 10.1. The minimum Gasteiger partial charge on any atom is -0.492 e. The van der Waals surface area contributed by atoms with Gasteiger partial charge in [-0.1, -0.05) is 38.0 Å². The summed E-state index contributed by atoms with van der Waals surface area (Å²) in [7, 11) is 0. The molecule has 1 aromatic carbocycles. The number of ether oxygens (including phenoxy) is 1. The molecule has 0 saturated carbocycles. The van der Waals surface area contributed by atoms with Crippen LogP contribution in [0.2, 0.25) is 0 Å². The predicted octanol–water partition coefficient (Wildman–Crippen LogP) is 2.88. The molecule has 17 heavy (non-hydrogen) atoms. The second kappa shape index (κ2) is 4.78. The SMILES string of the molecule is CCCCC1(C(=O)O)COc2ccccc2C1. The molecule has 0 bridgehead atoms. The molecule has 3 heteroatoms. The van der Waals surface area contributed by atoms with E-state index >= 15 is 0 Å². The highest BCUT2D eigenvalue weighted by Gasteiger charge is 2.42. The number of aliphatic carboxylic acids is 1. The van der Waals surface area contributed by atoms with E-state index in [1.165, 1.54) is 0 Å². The van der Waals surface area contributed by atoms with E-state index in [1.807, 2.05) is 24.3 Å². The van der Waals surface area contributed by atoms with Gasteiger partial charge in [-0.05, 0) is 24.5 Å². The van der Waals surface area contributed by atoms with Gasteiger partial charge in [-0.3, -0.25) is 4.79 Å². The van der Waals surface area contributed by atoms with Crippen LogP contribution >= 0.6 is 0 Å². The van der Waals surface area contributed by atoms with Gasteiger partial charge in [0.15, 0.2) is 0 Å². The fourth-order valence-corrected chi connectivity index (χ4v) is 2.34. The van der Waals surface area contributed by atoms with Crippen LogP contribution < -0.4 is 4.74 Å². The molecular weight excluding hydrogens is 216 g/mol. The second-order valence-corrected chi connectivity index (χ2v) is 4.76. The Hall–Kier alpha value is -1.51. The molecule has 0 spiro atoms.